The predicted octanol–water partition coefficient (Wildman–Crippen LogP) is 4.11. The van der Waals surface area contributed by atoms with Gasteiger partial charge < -0.3 is 15.4 Å². The summed E-state index contributed by atoms with van der Waals surface area (Å²) in [6.07, 6.45) is 6.43. The highest BCUT2D eigenvalue weighted by Crippen LogP contribution is 2.38. The lowest BCUT2D eigenvalue weighted by Crippen LogP contribution is -2.37. The summed E-state index contributed by atoms with van der Waals surface area (Å²) in [7, 11) is -1.92. The van der Waals surface area contributed by atoms with Crippen LogP contribution in [-0.4, -0.2) is 64.3 Å². The Labute approximate surface area is 223 Å². The minimum atomic E-state index is -3.56. The molecule has 0 radical (unpaired) electrons. The molecule has 1 aliphatic carbocycles. The molecule has 0 saturated carbocycles. The quantitative estimate of drug-likeness (QED) is 0.324. The van der Waals surface area contributed by atoms with E-state index in [1.54, 1.807) is 30.6 Å². The smallest absolute Gasteiger partial charge is 0.254 e. The Morgan fingerprint density at radius 3 is 2.51 bits per heavy atom. The van der Waals surface area contributed by atoms with Crippen LogP contribution in [0.15, 0.2) is 29.2 Å². The zero-order valence-corrected chi connectivity index (χ0v) is 23.3. The van der Waals surface area contributed by atoms with E-state index in [1.165, 1.54) is 21.3 Å². The van der Waals surface area contributed by atoms with Gasteiger partial charge in [0.2, 0.25) is 10.0 Å². The largest absolute Gasteiger partial charge is 0.385 e. The Morgan fingerprint density at radius 1 is 1.11 bits per heavy atom. The van der Waals surface area contributed by atoms with Gasteiger partial charge in [-0.25, -0.2) is 8.42 Å². The number of ether oxygens (including phenoxy) is 1. The van der Waals surface area contributed by atoms with E-state index >= 15 is 0 Å². The number of methoxy groups -OCH3 is 1. The highest BCUT2D eigenvalue weighted by atomic mass is 32.2. The minimum absolute atomic E-state index is 0.0272. The van der Waals surface area contributed by atoms with Crippen LogP contribution in [0.3, 0.4) is 0 Å². The predicted molar refractivity (Wildman–Crippen MR) is 146 cm³/mol. The maximum Gasteiger partial charge on any atom is 0.254 e. The number of ketones is 1. The summed E-state index contributed by atoms with van der Waals surface area (Å²) in [6.45, 7) is 4.34. The number of carbonyl (C=O) groups excluding carboxylic acids is 2. The van der Waals surface area contributed by atoms with Crippen LogP contribution in [0, 0.1) is 5.92 Å². The molecule has 37 heavy (non-hydrogen) atoms. The molecule has 2 aliphatic rings. The summed E-state index contributed by atoms with van der Waals surface area (Å²) in [6, 6.07) is 6.19. The van der Waals surface area contributed by atoms with Gasteiger partial charge in [0.15, 0.2) is 5.78 Å². The Balaban J connectivity index is 1.42. The average Bonchev–Trinajstić information content (AvgIpc) is 3.28. The maximum atomic E-state index is 13.0. The number of hydrogen-bond acceptors (Lipinski definition) is 7. The van der Waals surface area contributed by atoms with E-state index in [-0.39, 0.29) is 23.1 Å². The van der Waals surface area contributed by atoms with Crippen molar-refractivity contribution in [1.82, 2.24) is 9.62 Å². The van der Waals surface area contributed by atoms with Gasteiger partial charge in [-0.05, 0) is 80.7 Å². The van der Waals surface area contributed by atoms with Crippen LogP contribution in [0.5, 0.6) is 0 Å². The zero-order valence-electron chi connectivity index (χ0n) is 21.7. The molecule has 10 heteroatoms. The molecule has 1 amide bonds. The number of hydrogen-bond donors (Lipinski definition) is 2. The highest BCUT2D eigenvalue weighted by molar-refractivity contribution is 7.89. The van der Waals surface area contributed by atoms with Crippen LogP contribution < -0.4 is 10.6 Å². The number of benzene rings is 1. The molecule has 1 saturated heterocycles. The number of carbonyl (C=O) groups is 2. The van der Waals surface area contributed by atoms with E-state index in [0.29, 0.717) is 43.3 Å². The van der Waals surface area contributed by atoms with Crippen LogP contribution >= 0.6 is 11.3 Å². The highest BCUT2D eigenvalue weighted by Gasteiger charge is 2.28. The number of rotatable bonds is 11. The van der Waals surface area contributed by atoms with Gasteiger partial charge >= 0.3 is 0 Å². The van der Waals surface area contributed by atoms with Crippen molar-refractivity contribution in [3.8, 4) is 0 Å². The molecule has 2 aromatic rings. The van der Waals surface area contributed by atoms with E-state index in [4.69, 9.17) is 4.74 Å². The molecule has 202 valence electrons. The Morgan fingerprint density at radius 2 is 1.81 bits per heavy atom. The average molecular weight is 548 g/mol. The van der Waals surface area contributed by atoms with Crippen molar-refractivity contribution in [3.63, 3.8) is 0 Å². The SMILES string of the molecule is COCCCNC(=O)c1c(NCC(=O)c2ccc(S(=O)(=O)N3CCC(C)CC3)cc2)sc2c1CCCC2. The minimum Gasteiger partial charge on any atom is -0.385 e. The maximum absolute atomic E-state index is 13.0. The molecule has 1 aliphatic heterocycles. The Kier molecular flexibility index (Phi) is 9.39. The fraction of sp³-hybridized carbons (Fsp3) is 0.556. The monoisotopic (exact) mass is 547 g/mol. The first-order valence-corrected chi connectivity index (χ1v) is 15.4. The fourth-order valence-electron chi connectivity index (χ4n) is 4.89. The second kappa shape index (κ2) is 12.5. The molecule has 0 bridgehead atoms. The summed E-state index contributed by atoms with van der Waals surface area (Å²) in [5.74, 6) is 0.260. The third-order valence-corrected chi connectivity index (χ3v) is 10.3. The van der Waals surface area contributed by atoms with E-state index in [1.807, 2.05) is 0 Å². The molecule has 8 nitrogen and oxygen atoms in total. The lowest BCUT2D eigenvalue weighted by atomic mass is 9.95. The summed E-state index contributed by atoms with van der Waals surface area (Å²) >= 11 is 1.56. The molecular formula is C27H37N3O5S2. The molecule has 1 aromatic heterocycles. The van der Waals surface area contributed by atoms with Gasteiger partial charge in [0, 0.05) is 43.8 Å². The first-order valence-electron chi connectivity index (χ1n) is 13.1. The van der Waals surface area contributed by atoms with Crippen molar-refractivity contribution in [2.45, 2.75) is 56.8 Å². The van der Waals surface area contributed by atoms with Crippen LogP contribution in [0.4, 0.5) is 5.00 Å². The number of aryl methyl sites for hydroxylation is 1. The number of Topliss-reactive ketones (excluding diaryl/α,β-unsaturated/α-hetero) is 1. The van der Waals surface area contributed by atoms with Crippen molar-refractivity contribution >= 4 is 38.1 Å². The van der Waals surface area contributed by atoms with Crippen molar-refractivity contribution in [3.05, 3.63) is 45.8 Å². The van der Waals surface area contributed by atoms with Gasteiger partial charge in [-0.2, -0.15) is 4.31 Å². The molecule has 2 N–H and O–H groups in total. The van der Waals surface area contributed by atoms with Crippen LogP contribution in [0.1, 0.15) is 70.2 Å². The molecule has 1 fully saturated rings. The molecule has 1 aromatic carbocycles. The summed E-state index contributed by atoms with van der Waals surface area (Å²) in [4.78, 5) is 27.4. The second-order valence-corrected chi connectivity index (χ2v) is 12.9. The number of thiophene rings is 1. The van der Waals surface area contributed by atoms with E-state index in [0.717, 1.165) is 55.5 Å². The molecule has 0 atom stereocenters. The molecule has 0 spiro atoms. The van der Waals surface area contributed by atoms with E-state index < -0.39 is 10.0 Å². The van der Waals surface area contributed by atoms with Crippen molar-refractivity contribution in [2.24, 2.45) is 5.92 Å². The second-order valence-electron chi connectivity index (χ2n) is 9.90. The van der Waals surface area contributed by atoms with E-state index in [2.05, 4.69) is 17.6 Å². The number of nitrogens with one attached hydrogen (secondary N) is 2. The number of piperidine rings is 1. The van der Waals surface area contributed by atoms with Gasteiger partial charge in [0.25, 0.3) is 5.91 Å². The van der Waals surface area contributed by atoms with Gasteiger partial charge in [-0.3, -0.25) is 9.59 Å². The number of anilines is 1. The van der Waals surface area contributed by atoms with E-state index in [9.17, 15) is 18.0 Å². The standard InChI is InChI=1S/C27H37N3O5S2/c1-19-12-15-30(16-13-19)37(33,34)21-10-8-20(9-11-21)23(31)18-29-27-25(26(32)28-14-5-17-35-2)22-6-3-4-7-24(22)36-27/h8-11,19,29H,3-7,12-18H2,1-2H3,(H,28,32). The summed E-state index contributed by atoms with van der Waals surface area (Å²) in [5.41, 5.74) is 2.19. The first kappa shape index (κ1) is 27.8. The molecular weight excluding hydrogens is 510 g/mol. The molecule has 2 heterocycles. The third kappa shape index (κ3) is 6.60. The topological polar surface area (TPSA) is 105 Å². The lowest BCUT2D eigenvalue weighted by molar-refractivity contribution is 0.0946. The lowest BCUT2D eigenvalue weighted by Gasteiger charge is -2.29. The molecule has 4 rings (SSSR count). The van der Waals surface area contributed by atoms with Crippen LogP contribution in [0.2, 0.25) is 0 Å². The van der Waals surface area contributed by atoms with Crippen LogP contribution in [0.25, 0.3) is 0 Å². The zero-order chi connectivity index (χ0) is 26.4. The van der Waals surface area contributed by atoms with Gasteiger partial charge in [-0.15, -0.1) is 11.3 Å². The number of sulfonamides is 1. The van der Waals surface area contributed by atoms with Crippen molar-refractivity contribution < 1.29 is 22.7 Å². The van der Waals surface area contributed by atoms with Gasteiger partial charge in [0.1, 0.15) is 5.00 Å². The van der Waals surface area contributed by atoms with Crippen molar-refractivity contribution in [1.29, 1.82) is 0 Å². The molecule has 0 unspecified atom stereocenters. The Bertz CT molecular complexity index is 1200. The first-order chi connectivity index (χ1) is 17.8. The van der Waals surface area contributed by atoms with Crippen molar-refractivity contribution in [2.75, 3.05) is 45.2 Å². The third-order valence-electron chi connectivity index (χ3n) is 7.18. The summed E-state index contributed by atoms with van der Waals surface area (Å²) in [5, 5.41) is 6.92. The fourth-order valence-corrected chi connectivity index (χ4v) is 7.64. The van der Waals surface area contributed by atoms with Gasteiger partial charge in [0.05, 0.1) is 17.0 Å². The number of fused-ring (bicyclic) bond motifs is 1. The Hall–Kier alpha value is -2.27. The van der Waals surface area contributed by atoms with Crippen LogP contribution in [-0.2, 0) is 27.6 Å². The normalized spacial score (nSPS) is 16.8. The summed E-state index contributed by atoms with van der Waals surface area (Å²) < 4.78 is 32.6. The van der Waals surface area contributed by atoms with Gasteiger partial charge in [-0.1, -0.05) is 6.92 Å². The number of amides is 1. The number of nitrogens with zero attached hydrogens (tertiary/aromatic N) is 1.